The predicted molar refractivity (Wildman–Crippen MR) is 113 cm³/mol. The SMILES string of the molecule is CN(C[C@H](O)COc1ccc(O)c(NS(C)(=O)=O)c1)C1CCc2ccccc2C1. The van der Waals surface area contributed by atoms with Crippen molar-refractivity contribution in [2.75, 3.05) is 31.2 Å². The third kappa shape index (κ3) is 6.09. The maximum Gasteiger partial charge on any atom is 0.229 e. The number of aliphatic hydroxyl groups is 1. The average Bonchev–Trinajstić information content (AvgIpc) is 2.67. The van der Waals surface area contributed by atoms with Gasteiger partial charge in [0, 0.05) is 18.7 Å². The van der Waals surface area contributed by atoms with Crippen LogP contribution in [-0.2, 0) is 22.9 Å². The molecule has 0 amide bonds. The predicted octanol–water partition coefficient (Wildman–Crippen LogP) is 1.99. The molecular formula is C21H28N2O5S. The van der Waals surface area contributed by atoms with Gasteiger partial charge in [0.15, 0.2) is 0 Å². The summed E-state index contributed by atoms with van der Waals surface area (Å²) in [5, 5.41) is 20.2. The first-order valence-corrected chi connectivity index (χ1v) is 11.5. The Balaban J connectivity index is 1.52. The molecular weight excluding hydrogens is 392 g/mol. The highest BCUT2D eigenvalue weighted by Gasteiger charge is 2.23. The molecule has 3 N–H and O–H groups in total. The molecule has 158 valence electrons. The number of aromatic hydroxyl groups is 1. The third-order valence-corrected chi connectivity index (χ3v) is 5.74. The molecule has 0 aliphatic heterocycles. The van der Waals surface area contributed by atoms with Crippen molar-refractivity contribution in [1.82, 2.24) is 4.90 Å². The highest BCUT2D eigenvalue weighted by Crippen LogP contribution is 2.29. The molecule has 3 rings (SSSR count). The van der Waals surface area contributed by atoms with Gasteiger partial charge in [-0.2, -0.15) is 0 Å². The smallest absolute Gasteiger partial charge is 0.229 e. The van der Waals surface area contributed by atoms with E-state index < -0.39 is 16.1 Å². The molecule has 0 fully saturated rings. The quantitative estimate of drug-likeness (QED) is 0.565. The Morgan fingerprint density at radius 3 is 2.69 bits per heavy atom. The topological polar surface area (TPSA) is 99.1 Å². The molecule has 0 radical (unpaired) electrons. The number of hydrogen-bond acceptors (Lipinski definition) is 6. The Hall–Kier alpha value is -2.29. The Kier molecular flexibility index (Phi) is 6.66. The summed E-state index contributed by atoms with van der Waals surface area (Å²) in [5.41, 5.74) is 2.82. The van der Waals surface area contributed by atoms with E-state index in [0.717, 1.165) is 25.5 Å². The van der Waals surface area contributed by atoms with Gasteiger partial charge in [-0.05, 0) is 49.6 Å². The molecule has 0 heterocycles. The summed E-state index contributed by atoms with van der Waals surface area (Å²) in [7, 11) is -1.51. The van der Waals surface area contributed by atoms with Gasteiger partial charge >= 0.3 is 0 Å². The first kappa shape index (κ1) is 21.4. The van der Waals surface area contributed by atoms with E-state index in [0.29, 0.717) is 18.3 Å². The summed E-state index contributed by atoms with van der Waals surface area (Å²) in [4.78, 5) is 2.16. The lowest BCUT2D eigenvalue weighted by molar-refractivity contribution is 0.0605. The highest BCUT2D eigenvalue weighted by molar-refractivity contribution is 7.92. The summed E-state index contributed by atoms with van der Waals surface area (Å²) in [6.45, 7) is 0.538. The van der Waals surface area contributed by atoms with E-state index in [1.54, 1.807) is 0 Å². The van der Waals surface area contributed by atoms with Crippen LogP contribution in [0.5, 0.6) is 11.5 Å². The van der Waals surface area contributed by atoms with E-state index in [1.165, 1.54) is 29.3 Å². The monoisotopic (exact) mass is 420 g/mol. The number of aryl methyl sites for hydroxylation is 1. The highest BCUT2D eigenvalue weighted by atomic mass is 32.2. The van der Waals surface area contributed by atoms with Gasteiger partial charge in [-0.3, -0.25) is 4.72 Å². The Bertz CT molecular complexity index is 948. The molecule has 2 aromatic carbocycles. The van der Waals surface area contributed by atoms with Crippen LogP contribution >= 0.6 is 0 Å². The van der Waals surface area contributed by atoms with E-state index in [2.05, 4.69) is 33.9 Å². The lowest BCUT2D eigenvalue weighted by Crippen LogP contribution is -2.42. The van der Waals surface area contributed by atoms with Crippen molar-refractivity contribution < 1.29 is 23.4 Å². The number of aliphatic hydroxyl groups excluding tert-OH is 1. The van der Waals surface area contributed by atoms with E-state index in [-0.39, 0.29) is 18.0 Å². The summed E-state index contributed by atoms with van der Waals surface area (Å²) in [5.74, 6) is 0.169. The van der Waals surface area contributed by atoms with Crippen molar-refractivity contribution >= 4 is 15.7 Å². The first-order chi connectivity index (χ1) is 13.7. The largest absolute Gasteiger partial charge is 0.506 e. The van der Waals surface area contributed by atoms with Crippen LogP contribution in [0.25, 0.3) is 0 Å². The Morgan fingerprint density at radius 2 is 1.97 bits per heavy atom. The number of fused-ring (bicyclic) bond motifs is 1. The molecule has 0 spiro atoms. The van der Waals surface area contributed by atoms with Gasteiger partial charge in [-0.1, -0.05) is 24.3 Å². The Labute approximate surface area is 172 Å². The van der Waals surface area contributed by atoms with Crippen LogP contribution in [0.1, 0.15) is 17.5 Å². The number of ether oxygens (including phenoxy) is 1. The minimum absolute atomic E-state index is 0.0393. The molecule has 29 heavy (non-hydrogen) atoms. The minimum atomic E-state index is -3.52. The number of benzene rings is 2. The van der Waals surface area contributed by atoms with Gasteiger partial charge in [0.25, 0.3) is 0 Å². The fourth-order valence-electron chi connectivity index (χ4n) is 3.67. The number of phenolic OH excluding ortho intramolecular Hbond substituents is 1. The molecule has 7 nitrogen and oxygen atoms in total. The van der Waals surface area contributed by atoms with Gasteiger partial charge in [0.1, 0.15) is 24.2 Å². The van der Waals surface area contributed by atoms with Gasteiger partial charge in [-0.15, -0.1) is 0 Å². The number of rotatable bonds is 8. The lowest BCUT2D eigenvalue weighted by atomic mass is 9.87. The standard InChI is InChI=1S/C21H28N2O5S/c1-23(17-8-7-15-5-3-4-6-16(15)11-17)13-18(24)14-28-19-9-10-21(25)20(12-19)22-29(2,26)27/h3-6,9-10,12,17-18,22,24-25H,7-8,11,13-14H2,1-2H3/t17?,18-/m0/s1. The molecule has 1 aliphatic carbocycles. The first-order valence-electron chi connectivity index (χ1n) is 9.60. The molecule has 0 saturated heterocycles. The van der Waals surface area contributed by atoms with Crippen LogP contribution in [0.4, 0.5) is 5.69 Å². The van der Waals surface area contributed by atoms with Crippen molar-refractivity contribution in [2.24, 2.45) is 0 Å². The summed E-state index contributed by atoms with van der Waals surface area (Å²) in [6.07, 6.45) is 3.38. The van der Waals surface area contributed by atoms with E-state index in [1.807, 2.05) is 7.05 Å². The molecule has 0 bridgehead atoms. The number of sulfonamides is 1. The van der Waals surface area contributed by atoms with Crippen LogP contribution in [0.2, 0.25) is 0 Å². The van der Waals surface area contributed by atoms with E-state index in [4.69, 9.17) is 4.74 Å². The van der Waals surface area contributed by atoms with Crippen LogP contribution < -0.4 is 9.46 Å². The van der Waals surface area contributed by atoms with Crippen molar-refractivity contribution in [3.05, 3.63) is 53.6 Å². The molecule has 2 aromatic rings. The van der Waals surface area contributed by atoms with Gasteiger partial charge in [0.05, 0.1) is 11.9 Å². The summed E-state index contributed by atoms with van der Waals surface area (Å²) >= 11 is 0. The molecule has 0 aromatic heterocycles. The number of nitrogens with zero attached hydrogens (tertiary/aromatic N) is 1. The second-order valence-electron chi connectivity index (χ2n) is 7.62. The van der Waals surface area contributed by atoms with Gasteiger partial charge in [0.2, 0.25) is 10.0 Å². The van der Waals surface area contributed by atoms with Crippen molar-refractivity contribution in [1.29, 1.82) is 0 Å². The molecule has 1 unspecified atom stereocenters. The number of nitrogens with one attached hydrogen (secondary N) is 1. The normalized spacial score (nSPS) is 17.6. The summed E-state index contributed by atoms with van der Waals surface area (Å²) in [6, 6.07) is 13.1. The van der Waals surface area contributed by atoms with Crippen molar-refractivity contribution in [3.8, 4) is 11.5 Å². The second-order valence-corrected chi connectivity index (χ2v) is 9.37. The zero-order chi connectivity index (χ0) is 21.0. The lowest BCUT2D eigenvalue weighted by Gasteiger charge is -2.33. The maximum atomic E-state index is 11.4. The zero-order valence-corrected chi connectivity index (χ0v) is 17.5. The van der Waals surface area contributed by atoms with Crippen LogP contribution in [-0.4, -0.2) is 62.1 Å². The number of hydrogen-bond donors (Lipinski definition) is 3. The third-order valence-electron chi connectivity index (χ3n) is 5.15. The summed E-state index contributed by atoms with van der Waals surface area (Å²) < 4.78 is 30.6. The molecule has 0 saturated carbocycles. The van der Waals surface area contributed by atoms with Crippen LogP contribution in [0.3, 0.4) is 0 Å². The molecule has 2 atom stereocenters. The zero-order valence-electron chi connectivity index (χ0n) is 16.7. The fourth-order valence-corrected chi connectivity index (χ4v) is 4.23. The van der Waals surface area contributed by atoms with Crippen molar-refractivity contribution in [3.63, 3.8) is 0 Å². The van der Waals surface area contributed by atoms with Gasteiger partial charge < -0.3 is 19.8 Å². The van der Waals surface area contributed by atoms with E-state index in [9.17, 15) is 18.6 Å². The fraction of sp³-hybridized carbons (Fsp3) is 0.429. The average molecular weight is 421 g/mol. The maximum absolute atomic E-state index is 11.4. The molecule has 8 heteroatoms. The van der Waals surface area contributed by atoms with E-state index >= 15 is 0 Å². The number of phenols is 1. The minimum Gasteiger partial charge on any atom is -0.506 e. The second kappa shape index (κ2) is 9.02. The van der Waals surface area contributed by atoms with Crippen LogP contribution in [0.15, 0.2) is 42.5 Å². The Morgan fingerprint density at radius 1 is 1.24 bits per heavy atom. The number of anilines is 1. The van der Waals surface area contributed by atoms with Crippen molar-refractivity contribution in [2.45, 2.75) is 31.4 Å². The number of likely N-dealkylation sites (N-methyl/N-ethyl adjacent to an activating group) is 1. The van der Waals surface area contributed by atoms with Crippen LogP contribution in [0, 0.1) is 0 Å². The molecule has 1 aliphatic rings. The van der Waals surface area contributed by atoms with Gasteiger partial charge in [-0.25, -0.2) is 8.42 Å².